The Morgan fingerprint density at radius 1 is 1.17 bits per heavy atom. The lowest BCUT2D eigenvalue weighted by Crippen LogP contribution is -2.43. The van der Waals surface area contributed by atoms with Gasteiger partial charge in [-0.1, -0.05) is 18.2 Å². The van der Waals surface area contributed by atoms with E-state index in [0.717, 1.165) is 11.1 Å². The van der Waals surface area contributed by atoms with Crippen LogP contribution in [0.15, 0.2) is 60.1 Å². The summed E-state index contributed by atoms with van der Waals surface area (Å²) in [6.45, 7) is 0.241. The van der Waals surface area contributed by atoms with E-state index < -0.39 is 29.9 Å². The molecular weight excluding hydrogens is 390 g/mol. The van der Waals surface area contributed by atoms with Gasteiger partial charge in [0.1, 0.15) is 30.2 Å². The van der Waals surface area contributed by atoms with Crippen LogP contribution in [0, 0.1) is 0 Å². The second kappa shape index (κ2) is 9.55. The maximum atomic E-state index is 12.6. The molecule has 2 amide bonds. The van der Waals surface area contributed by atoms with Gasteiger partial charge in [0.2, 0.25) is 0 Å². The number of carboxylic acids is 1. The van der Waals surface area contributed by atoms with Gasteiger partial charge in [-0.2, -0.15) is 0 Å². The first-order chi connectivity index (χ1) is 14.4. The molecule has 1 aromatic heterocycles. The Bertz CT molecular complexity index is 956. The van der Waals surface area contributed by atoms with Crippen LogP contribution in [0.3, 0.4) is 0 Å². The number of carboxylic acid groups (broad SMARTS) is 1. The van der Waals surface area contributed by atoms with Crippen LogP contribution in [-0.4, -0.2) is 51.0 Å². The smallest absolute Gasteiger partial charge is 0.322 e. The molecule has 2 heterocycles. The van der Waals surface area contributed by atoms with Gasteiger partial charge in [0.05, 0.1) is 0 Å². The van der Waals surface area contributed by atoms with Gasteiger partial charge >= 0.3 is 5.97 Å². The van der Waals surface area contributed by atoms with Gasteiger partial charge in [-0.25, -0.2) is 0 Å². The highest BCUT2D eigenvalue weighted by Gasteiger charge is 2.32. The molecule has 0 unspecified atom stereocenters. The van der Waals surface area contributed by atoms with Crippen molar-refractivity contribution >= 4 is 17.8 Å². The van der Waals surface area contributed by atoms with Gasteiger partial charge in [0.25, 0.3) is 11.8 Å². The number of ether oxygens (including phenoxy) is 1. The second-order valence-corrected chi connectivity index (χ2v) is 6.67. The highest BCUT2D eigenvalue weighted by Crippen LogP contribution is 2.21. The molecule has 156 valence electrons. The van der Waals surface area contributed by atoms with E-state index in [-0.39, 0.29) is 25.3 Å². The average Bonchev–Trinajstić information content (AvgIpc) is 2.74. The summed E-state index contributed by atoms with van der Waals surface area (Å²) in [5.41, 5.74) is 1.35. The predicted molar refractivity (Wildman–Crippen MR) is 105 cm³/mol. The fourth-order valence-corrected chi connectivity index (χ4v) is 2.93. The molecule has 1 aliphatic rings. The molecule has 0 spiro atoms. The largest absolute Gasteiger partial charge is 0.511 e. The van der Waals surface area contributed by atoms with E-state index in [1.807, 2.05) is 24.3 Å². The number of aliphatic hydroxyl groups is 1. The third kappa shape index (κ3) is 5.34. The number of hydrogen-bond donors (Lipinski definition) is 3. The number of rotatable bonds is 8. The Morgan fingerprint density at radius 3 is 2.60 bits per heavy atom. The third-order valence-electron chi connectivity index (χ3n) is 4.46. The van der Waals surface area contributed by atoms with E-state index >= 15 is 0 Å². The predicted octanol–water partition coefficient (Wildman–Crippen LogP) is 1.41. The molecule has 0 radical (unpaired) electrons. The lowest BCUT2D eigenvalue weighted by molar-refractivity contribution is -0.138. The molecule has 0 aliphatic carbocycles. The van der Waals surface area contributed by atoms with E-state index in [1.54, 1.807) is 24.5 Å². The van der Waals surface area contributed by atoms with E-state index in [2.05, 4.69) is 10.3 Å². The molecule has 1 aromatic carbocycles. The Kier molecular flexibility index (Phi) is 6.63. The van der Waals surface area contributed by atoms with Crippen molar-refractivity contribution in [3.8, 4) is 5.75 Å². The number of aliphatic carboxylic acids is 1. The number of aliphatic hydroxyl groups excluding tert-OH is 1. The van der Waals surface area contributed by atoms with Crippen LogP contribution in [-0.2, 0) is 27.5 Å². The molecule has 3 rings (SSSR count). The monoisotopic (exact) mass is 411 g/mol. The quantitative estimate of drug-likeness (QED) is 0.560. The molecule has 2 aromatic rings. The standard InChI is InChI=1S/C21H21N3O6/c25-17-7-9-24(21(29)19(17)20(28)23-11-18(26)27)12-14-3-5-16(6-4-14)30-13-15-2-1-8-22-10-15/h1-6,8,10,25H,7,9,11-13H2,(H,23,28)(H,26,27). The van der Waals surface area contributed by atoms with Crippen LogP contribution in [0.4, 0.5) is 0 Å². The van der Waals surface area contributed by atoms with Crippen LogP contribution < -0.4 is 10.1 Å². The van der Waals surface area contributed by atoms with Crippen molar-refractivity contribution in [2.75, 3.05) is 13.1 Å². The first-order valence-corrected chi connectivity index (χ1v) is 9.26. The third-order valence-corrected chi connectivity index (χ3v) is 4.46. The average molecular weight is 411 g/mol. The number of amides is 2. The minimum absolute atomic E-state index is 0.119. The first-order valence-electron chi connectivity index (χ1n) is 9.26. The topological polar surface area (TPSA) is 129 Å². The van der Waals surface area contributed by atoms with Gasteiger partial charge < -0.3 is 25.2 Å². The fraction of sp³-hybridized carbons (Fsp3) is 0.238. The van der Waals surface area contributed by atoms with Crippen molar-refractivity contribution in [3.05, 3.63) is 71.3 Å². The van der Waals surface area contributed by atoms with Gasteiger partial charge in [0.15, 0.2) is 0 Å². The summed E-state index contributed by atoms with van der Waals surface area (Å²) in [7, 11) is 0. The normalized spacial score (nSPS) is 13.9. The van der Waals surface area contributed by atoms with Gasteiger partial charge in [-0.3, -0.25) is 19.4 Å². The van der Waals surface area contributed by atoms with Crippen molar-refractivity contribution in [2.24, 2.45) is 0 Å². The summed E-state index contributed by atoms with van der Waals surface area (Å²) >= 11 is 0. The number of pyridine rings is 1. The molecule has 1 aliphatic heterocycles. The SMILES string of the molecule is O=C(O)CNC(=O)C1=C(O)CCN(Cc2ccc(OCc3cccnc3)cc2)C1=O. The molecule has 9 heteroatoms. The molecule has 0 fully saturated rings. The van der Waals surface area contributed by atoms with Crippen molar-refractivity contribution < 1.29 is 29.3 Å². The molecule has 0 atom stereocenters. The van der Waals surface area contributed by atoms with Gasteiger partial charge in [0, 0.05) is 37.5 Å². The Balaban J connectivity index is 1.60. The van der Waals surface area contributed by atoms with Crippen molar-refractivity contribution in [1.82, 2.24) is 15.2 Å². The zero-order valence-corrected chi connectivity index (χ0v) is 16.1. The minimum atomic E-state index is -1.24. The number of carbonyl (C=O) groups excluding carboxylic acids is 2. The van der Waals surface area contributed by atoms with E-state index in [1.165, 1.54) is 4.90 Å². The van der Waals surface area contributed by atoms with E-state index in [0.29, 0.717) is 12.4 Å². The fourth-order valence-electron chi connectivity index (χ4n) is 2.93. The summed E-state index contributed by atoms with van der Waals surface area (Å²) in [4.78, 5) is 40.8. The van der Waals surface area contributed by atoms with Crippen LogP contribution in [0.1, 0.15) is 17.5 Å². The van der Waals surface area contributed by atoms with Gasteiger partial charge in [-0.05, 0) is 23.8 Å². The molecule has 0 saturated heterocycles. The minimum Gasteiger partial charge on any atom is -0.511 e. The van der Waals surface area contributed by atoms with Crippen molar-refractivity contribution in [3.63, 3.8) is 0 Å². The number of carbonyl (C=O) groups is 3. The maximum absolute atomic E-state index is 12.6. The van der Waals surface area contributed by atoms with Crippen LogP contribution in [0.5, 0.6) is 5.75 Å². The highest BCUT2D eigenvalue weighted by molar-refractivity contribution is 6.19. The summed E-state index contributed by atoms with van der Waals surface area (Å²) in [5.74, 6) is -2.45. The summed E-state index contributed by atoms with van der Waals surface area (Å²) in [5, 5.41) is 20.7. The molecule has 3 N–H and O–H groups in total. The Morgan fingerprint density at radius 2 is 1.93 bits per heavy atom. The second-order valence-electron chi connectivity index (χ2n) is 6.67. The number of hydrogen-bond acceptors (Lipinski definition) is 6. The molecule has 30 heavy (non-hydrogen) atoms. The highest BCUT2D eigenvalue weighted by atomic mass is 16.5. The number of benzene rings is 1. The Labute approximate surface area is 172 Å². The molecular formula is C21H21N3O6. The molecule has 0 saturated carbocycles. The van der Waals surface area contributed by atoms with E-state index in [9.17, 15) is 19.5 Å². The van der Waals surface area contributed by atoms with Crippen molar-refractivity contribution in [2.45, 2.75) is 19.6 Å². The number of nitrogens with zero attached hydrogens (tertiary/aromatic N) is 2. The van der Waals surface area contributed by atoms with Crippen LogP contribution in [0.25, 0.3) is 0 Å². The zero-order chi connectivity index (χ0) is 21.5. The van der Waals surface area contributed by atoms with Gasteiger partial charge in [-0.15, -0.1) is 0 Å². The van der Waals surface area contributed by atoms with E-state index in [4.69, 9.17) is 9.84 Å². The van der Waals surface area contributed by atoms with Crippen molar-refractivity contribution in [1.29, 1.82) is 0 Å². The van der Waals surface area contributed by atoms with Crippen LogP contribution in [0.2, 0.25) is 0 Å². The summed E-state index contributed by atoms with van der Waals surface area (Å²) in [6.07, 6.45) is 3.54. The molecule has 9 nitrogen and oxygen atoms in total. The number of nitrogens with one attached hydrogen (secondary N) is 1. The lowest BCUT2D eigenvalue weighted by Gasteiger charge is -2.28. The maximum Gasteiger partial charge on any atom is 0.322 e. The zero-order valence-electron chi connectivity index (χ0n) is 16.1. The number of aromatic nitrogens is 1. The summed E-state index contributed by atoms with van der Waals surface area (Å²) in [6, 6.07) is 10.9. The first kappa shape index (κ1) is 20.8. The summed E-state index contributed by atoms with van der Waals surface area (Å²) < 4.78 is 5.71. The molecule has 0 bridgehead atoms. The Hall–Kier alpha value is -3.88. The van der Waals surface area contributed by atoms with Crippen LogP contribution >= 0.6 is 0 Å². The lowest BCUT2D eigenvalue weighted by atomic mass is 10.0.